The molecule has 8 nitrogen and oxygen atoms in total. The first-order valence-electron chi connectivity index (χ1n) is 9.31. The standard InChI is InChI=1S/C20H20N4O4/c25-17(12-24-19(26)15-6-1-2-7-16(15)20(24)27)23-13-4-3-5-14(10-13)28-18-11-21-8-9-22-18/h3-5,8-11,15-16H,1-2,6-7,12H2,(H,23,25)/t15-,16-/m1/s1. The summed E-state index contributed by atoms with van der Waals surface area (Å²) in [4.78, 5) is 46.5. The first kappa shape index (κ1) is 18.1. The van der Waals surface area contributed by atoms with E-state index < -0.39 is 5.91 Å². The fraction of sp³-hybridized carbons (Fsp3) is 0.350. The number of aromatic nitrogens is 2. The minimum atomic E-state index is -0.419. The van der Waals surface area contributed by atoms with Crippen molar-refractivity contribution in [1.29, 1.82) is 0 Å². The van der Waals surface area contributed by atoms with E-state index in [4.69, 9.17) is 4.74 Å². The van der Waals surface area contributed by atoms with Crippen LogP contribution in [0.2, 0.25) is 0 Å². The van der Waals surface area contributed by atoms with Crippen molar-refractivity contribution in [2.75, 3.05) is 11.9 Å². The van der Waals surface area contributed by atoms with E-state index in [9.17, 15) is 14.4 Å². The Bertz CT molecular complexity index is 878. The van der Waals surface area contributed by atoms with Crippen LogP contribution in [0.3, 0.4) is 0 Å². The highest BCUT2D eigenvalue weighted by Gasteiger charge is 2.48. The molecule has 2 heterocycles. The number of imide groups is 1. The molecule has 3 amide bonds. The van der Waals surface area contributed by atoms with Gasteiger partial charge in [-0.15, -0.1) is 0 Å². The Morgan fingerprint density at radius 2 is 1.89 bits per heavy atom. The number of nitrogens with one attached hydrogen (secondary N) is 1. The molecule has 1 saturated heterocycles. The van der Waals surface area contributed by atoms with Gasteiger partial charge in [-0.05, 0) is 25.0 Å². The van der Waals surface area contributed by atoms with Crippen LogP contribution in [-0.2, 0) is 14.4 Å². The highest BCUT2D eigenvalue weighted by molar-refractivity contribution is 6.08. The van der Waals surface area contributed by atoms with Crippen LogP contribution < -0.4 is 10.1 Å². The lowest BCUT2D eigenvalue weighted by atomic mass is 9.81. The number of ether oxygens (including phenoxy) is 1. The highest BCUT2D eigenvalue weighted by atomic mass is 16.5. The van der Waals surface area contributed by atoms with Gasteiger partial charge in [0.2, 0.25) is 23.6 Å². The molecule has 2 fully saturated rings. The second kappa shape index (κ2) is 7.75. The number of amides is 3. The monoisotopic (exact) mass is 380 g/mol. The summed E-state index contributed by atoms with van der Waals surface area (Å²) >= 11 is 0. The lowest BCUT2D eigenvalue weighted by Gasteiger charge is -2.19. The Balaban J connectivity index is 1.39. The second-order valence-corrected chi connectivity index (χ2v) is 6.98. The van der Waals surface area contributed by atoms with E-state index in [2.05, 4.69) is 15.3 Å². The van der Waals surface area contributed by atoms with Crippen molar-refractivity contribution in [3.63, 3.8) is 0 Å². The molecule has 2 aliphatic rings. The first-order chi connectivity index (χ1) is 13.6. The number of nitrogens with zero attached hydrogens (tertiary/aromatic N) is 3. The second-order valence-electron chi connectivity index (χ2n) is 6.98. The molecule has 0 radical (unpaired) electrons. The first-order valence-corrected chi connectivity index (χ1v) is 9.31. The number of rotatable bonds is 5. The van der Waals surface area contributed by atoms with E-state index in [0.29, 0.717) is 17.3 Å². The van der Waals surface area contributed by atoms with Crippen LogP contribution in [0.1, 0.15) is 25.7 Å². The van der Waals surface area contributed by atoms with Crippen LogP contribution in [0.4, 0.5) is 5.69 Å². The largest absolute Gasteiger partial charge is 0.437 e. The summed E-state index contributed by atoms with van der Waals surface area (Å²) in [5.74, 6) is -0.541. The van der Waals surface area contributed by atoms with Crippen LogP contribution >= 0.6 is 0 Å². The molecule has 1 aliphatic carbocycles. The summed E-state index contributed by atoms with van der Waals surface area (Å²) in [6.45, 7) is -0.264. The predicted molar refractivity (Wildman–Crippen MR) is 99.3 cm³/mol. The molecule has 0 bridgehead atoms. The van der Waals surface area contributed by atoms with Crippen LogP contribution in [0, 0.1) is 11.8 Å². The number of likely N-dealkylation sites (tertiary alicyclic amines) is 1. The van der Waals surface area contributed by atoms with Crippen molar-refractivity contribution >= 4 is 23.4 Å². The van der Waals surface area contributed by atoms with Crippen LogP contribution in [-0.4, -0.2) is 39.1 Å². The maximum Gasteiger partial charge on any atom is 0.244 e. The van der Waals surface area contributed by atoms with Crippen LogP contribution in [0.25, 0.3) is 0 Å². The molecule has 0 spiro atoms. The molecule has 1 N–H and O–H groups in total. The molecular weight excluding hydrogens is 360 g/mol. The zero-order chi connectivity index (χ0) is 19.5. The molecule has 1 aliphatic heterocycles. The molecule has 144 valence electrons. The molecule has 28 heavy (non-hydrogen) atoms. The van der Waals surface area contributed by atoms with Crippen molar-refractivity contribution in [2.45, 2.75) is 25.7 Å². The van der Waals surface area contributed by atoms with E-state index in [1.54, 1.807) is 30.5 Å². The Labute approximate surface area is 161 Å². The van der Waals surface area contributed by atoms with Gasteiger partial charge in [-0.3, -0.25) is 24.3 Å². The van der Waals surface area contributed by atoms with Gasteiger partial charge >= 0.3 is 0 Å². The minimum Gasteiger partial charge on any atom is -0.437 e. The van der Waals surface area contributed by atoms with Crippen molar-refractivity contribution < 1.29 is 19.1 Å². The predicted octanol–water partition coefficient (Wildman–Crippen LogP) is 2.38. The molecule has 1 saturated carbocycles. The van der Waals surface area contributed by atoms with Gasteiger partial charge in [-0.1, -0.05) is 18.9 Å². The van der Waals surface area contributed by atoms with Crippen molar-refractivity contribution in [1.82, 2.24) is 14.9 Å². The number of benzene rings is 1. The smallest absolute Gasteiger partial charge is 0.244 e. The third-order valence-electron chi connectivity index (χ3n) is 5.11. The molecule has 8 heteroatoms. The maximum absolute atomic E-state index is 12.5. The molecule has 2 aromatic rings. The minimum absolute atomic E-state index is 0.218. The topological polar surface area (TPSA) is 101 Å². The van der Waals surface area contributed by atoms with Gasteiger partial charge in [0.25, 0.3) is 0 Å². The van der Waals surface area contributed by atoms with E-state index >= 15 is 0 Å². The van der Waals surface area contributed by atoms with Gasteiger partial charge in [-0.2, -0.15) is 0 Å². The molecular formula is C20H20N4O4. The average Bonchev–Trinajstić information content (AvgIpc) is 2.94. The van der Waals surface area contributed by atoms with Gasteiger partial charge in [-0.25, -0.2) is 4.98 Å². The summed E-state index contributed by atoms with van der Waals surface area (Å²) in [6.07, 6.45) is 7.92. The van der Waals surface area contributed by atoms with Gasteiger partial charge < -0.3 is 10.1 Å². The SMILES string of the molecule is O=C(CN1C(=O)[C@@H]2CCCC[C@H]2C1=O)Nc1cccc(Oc2cnccn2)c1. The van der Waals surface area contributed by atoms with Gasteiger partial charge in [0.05, 0.1) is 18.0 Å². The van der Waals surface area contributed by atoms with Crippen LogP contribution in [0.5, 0.6) is 11.6 Å². The Hall–Kier alpha value is -3.29. The molecule has 0 unspecified atom stereocenters. The van der Waals surface area contributed by atoms with Crippen molar-refractivity contribution in [2.24, 2.45) is 11.8 Å². The van der Waals surface area contributed by atoms with Crippen molar-refractivity contribution in [3.05, 3.63) is 42.9 Å². The zero-order valence-electron chi connectivity index (χ0n) is 15.2. The molecule has 1 aromatic heterocycles. The zero-order valence-corrected chi connectivity index (χ0v) is 15.2. The number of carbonyl (C=O) groups excluding carboxylic acids is 3. The summed E-state index contributed by atoms with van der Waals surface area (Å²) in [5.41, 5.74) is 0.503. The van der Waals surface area contributed by atoms with E-state index in [0.717, 1.165) is 30.6 Å². The van der Waals surface area contributed by atoms with Gasteiger partial charge in [0.1, 0.15) is 12.3 Å². The lowest BCUT2D eigenvalue weighted by molar-refractivity contribution is -0.142. The fourth-order valence-corrected chi connectivity index (χ4v) is 3.83. The van der Waals surface area contributed by atoms with E-state index in [-0.39, 0.29) is 30.2 Å². The van der Waals surface area contributed by atoms with E-state index in [1.165, 1.54) is 12.4 Å². The quantitative estimate of drug-likeness (QED) is 0.799. The number of carbonyl (C=O) groups is 3. The number of hydrogen-bond donors (Lipinski definition) is 1. The lowest BCUT2D eigenvalue weighted by Crippen LogP contribution is -2.38. The normalized spacial score (nSPS) is 21.4. The molecule has 1 aromatic carbocycles. The summed E-state index contributed by atoms with van der Waals surface area (Å²) < 4.78 is 5.59. The molecule has 4 rings (SSSR count). The molecule has 2 atom stereocenters. The third-order valence-corrected chi connectivity index (χ3v) is 5.11. The third kappa shape index (κ3) is 3.71. The fourth-order valence-electron chi connectivity index (χ4n) is 3.83. The number of anilines is 1. The Morgan fingerprint density at radius 1 is 1.14 bits per heavy atom. The number of hydrogen-bond acceptors (Lipinski definition) is 6. The Morgan fingerprint density at radius 3 is 2.57 bits per heavy atom. The van der Waals surface area contributed by atoms with Gasteiger partial charge in [0.15, 0.2) is 0 Å². The van der Waals surface area contributed by atoms with Gasteiger partial charge in [0, 0.05) is 24.1 Å². The van der Waals surface area contributed by atoms with E-state index in [1.807, 2.05) is 0 Å². The summed E-state index contributed by atoms with van der Waals surface area (Å²) in [7, 11) is 0. The van der Waals surface area contributed by atoms with Crippen LogP contribution in [0.15, 0.2) is 42.9 Å². The Kier molecular flexibility index (Phi) is 5.01. The summed E-state index contributed by atoms with van der Waals surface area (Å²) in [5, 5.41) is 2.72. The maximum atomic E-state index is 12.5. The number of fused-ring (bicyclic) bond motifs is 1. The van der Waals surface area contributed by atoms with Crippen molar-refractivity contribution in [3.8, 4) is 11.6 Å². The highest BCUT2D eigenvalue weighted by Crippen LogP contribution is 2.37. The summed E-state index contributed by atoms with van der Waals surface area (Å²) in [6, 6.07) is 6.79. The average molecular weight is 380 g/mol.